The summed E-state index contributed by atoms with van der Waals surface area (Å²) in [5, 5.41) is 13.4. The van der Waals surface area contributed by atoms with Crippen LogP contribution in [0.2, 0.25) is 0 Å². The molecule has 2 aromatic rings. The fourth-order valence-corrected chi connectivity index (χ4v) is 2.14. The second kappa shape index (κ2) is 8.63. The highest BCUT2D eigenvalue weighted by atomic mass is 16.6. The zero-order valence-electron chi connectivity index (χ0n) is 14.1. The van der Waals surface area contributed by atoms with Gasteiger partial charge in [0.05, 0.1) is 11.0 Å². The third kappa shape index (κ3) is 5.76. The number of ether oxygens (including phenoxy) is 1. The van der Waals surface area contributed by atoms with Crippen molar-refractivity contribution in [3.05, 3.63) is 75.8 Å². The Kier molecular flexibility index (Phi) is 6.28. The summed E-state index contributed by atoms with van der Waals surface area (Å²) in [6.07, 6.45) is 3.00. The molecular formula is C19H20N2O4. The molecule has 0 aliphatic carbocycles. The van der Waals surface area contributed by atoms with Gasteiger partial charge in [0.2, 0.25) is 5.91 Å². The van der Waals surface area contributed by atoms with Crippen LogP contribution in [0.1, 0.15) is 18.1 Å². The van der Waals surface area contributed by atoms with Crippen molar-refractivity contribution in [2.75, 3.05) is 6.61 Å². The van der Waals surface area contributed by atoms with Crippen LogP contribution < -0.4 is 10.1 Å². The normalized spacial score (nSPS) is 11.9. The van der Waals surface area contributed by atoms with Gasteiger partial charge in [-0.05, 0) is 49.2 Å². The summed E-state index contributed by atoms with van der Waals surface area (Å²) >= 11 is 0. The molecule has 6 heteroatoms. The molecule has 6 nitrogen and oxygen atoms in total. The van der Waals surface area contributed by atoms with E-state index in [0.29, 0.717) is 12.2 Å². The van der Waals surface area contributed by atoms with Gasteiger partial charge in [-0.25, -0.2) is 0 Å². The first-order valence-electron chi connectivity index (χ1n) is 7.87. The Bertz CT molecular complexity index is 769. The maximum atomic E-state index is 11.9. The van der Waals surface area contributed by atoms with Crippen molar-refractivity contribution in [3.8, 4) is 5.75 Å². The van der Waals surface area contributed by atoms with Crippen LogP contribution in [-0.4, -0.2) is 23.5 Å². The molecule has 25 heavy (non-hydrogen) atoms. The molecule has 0 bridgehead atoms. The van der Waals surface area contributed by atoms with Crippen LogP contribution in [-0.2, 0) is 4.79 Å². The molecule has 0 saturated carbocycles. The van der Waals surface area contributed by atoms with Crippen LogP contribution in [0.3, 0.4) is 0 Å². The van der Waals surface area contributed by atoms with Gasteiger partial charge in [-0.1, -0.05) is 18.2 Å². The van der Waals surface area contributed by atoms with E-state index in [1.165, 1.54) is 18.2 Å². The fraction of sp³-hybridized carbons (Fsp3) is 0.211. The molecule has 1 amide bonds. The second-order valence-electron chi connectivity index (χ2n) is 5.67. The smallest absolute Gasteiger partial charge is 0.269 e. The Morgan fingerprint density at radius 1 is 1.24 bits per heavy atom. The Labute approximate surface area is 146 Å². The number of para-hydroxylation sites is 1. The standard InChI is InChI=1S/C19H20N2O4/c1-14-5-3-4-6-18(14)25-13-15(2)20-19(22)12-9-16-7-10-17(11-8-16)21(23)24/h3-12,15H,13H2,1-2H3,(H,20,22)/b12-9+/t15-/m0/s1. The minimum Gasteiger partial charge on any atom is -0.491 e. The summed E-state index contributed by atoms with van der Waals surface area (Å²) in [7, 11) is 0. The number of nitro groups is 1. The first-order chi connectivity index (χ1) is 12.0. The van der Waals surface area contributed by atoms with Gasteiger partial charge in [0, 0.05) is 18.2 Å². The van der Waals surface area contributed by atoms with Crippen molar-refractivity contribution in [1.82, 2.24) is 5.32 Å². The number of nitro benzene ring substituents is 1. The number of aryl methyl sites for hydroxylation is 1. The zero-order chi connectivity index (χ0) is 18.2. The minimum absolute atomic E-state index is 0.0172. The highest BCUT2D eigenvalue weighted by molar-refractivity contribution is 5.91. The highest BCUT2D eigenvalue weighted by Gasteiger charge is 2.07. The number of benzene rings is 2. The van der Waals surface area contributed by atoms with Crippen molar-refractivity contribution in [2.45, 2.75) is 19.9 Å². The van der Waals surface area contributed by atoms with E-state index >= 15 is 0 Å². The molecule has 1 atom stereocenters. The SMILES string of the molecule is Cc1ccccc1OC[C@H](C)NC(=O)/C=C/c1ccc([N+](=O)[O-])cc1. The van der Waals surface area contributed by atoms with Gasteiger partial charge in [0.15, 0.2) is 0 Å². The monoisotopic (exact) mass is 340 g/mol. The quantitative estimate of drug-likeness (QED) is 0.475. The molecular weight excluding hydrogens is 320 g/mol. The summed E-state index contributed by atoms with van der Waals surface area (Å²) in [4.78, 5) is 22.1. The molecule has 1 N–H and O–H groups in total. The van der Waals surface area contributed by atoms with E-state index in [1.807, 2.05) is 38.1 Å². The first-order valence-corrected chi connectivity index (χ1v) is 7.87. The Hall–Kier alpha value is -3.15. The number of hydrogen-bond donors (Lipinski definition) is 1. The van der Waals surface area contributed by atoms with Gasteiger partial charge in [0.25, 0.3) is 5.69 Å². The molecule has 0 fully saturated rings. The van der Waals surface area contributed by atoms with E-state index < -0.39 is 4.92 Å². The molecule has 0 aliphatic rings. The van der Waals surface area contributed by atoms with E-state index in [2.05, 4.69) is 5.32 Å². The van der Waals surface area contributed by atoms with E-state index in [4.69, 9.17) is 4.74 Å². The molecule has 0 unspecified atom stereocenters. The molecule has 2 rings (SSSR count). The lowest BCUT2D eigenvalue weighted by molar-refractivity contribution is -0.384. The predicted molar refractivity (Wildman–Crippen MR) is 96.4 cm³/mol. The van der Waals surface area contributed by atoms with Gasteiger partial charge in [0.1, 0.15) is 12.4 Å². The van der Waals surface area contributed by atoms with E-state index in [1.54, 1.807) is 18.2 Å². The number of amides is 1. The summed E-state index contributed by atoms with van der Waals surface area (Å²) in [5.74, 6) is 0.546. The Balaban J connectivity index is 1.82. The van der Waals surface area contributed by atoms with Gasteiger partial charge in [-0.2, -0.15) is 0 Å². The van der Waals surface area contributed by atoms with Crippen molar-refractivity contribution < 1.29 is 14.5 Å². The van der Waals surface area contributed by atoms with Crippen LogP contribution in [0.15, 0.2) is 54.6 Å². The number of carbonyl (C=O) groups is 1. The van der Waals surface area contributed by atoms with Gasteiger partial charge in [-0.15, -0.1) is 0 Å². The zero-order valence-corrected chi connectivity index (χ0v) is 14.1. The fourth-order valence-electron chi connectivity index (χ4n) is 2.14. The number of nitrogens with one attached hydrogen (secondary N) is 1. The first kappa shape index (κ1) is 18.2. The number of nitrogens with zero attached hydrogens (tertiary/aromatic N) is 1. The van der Waals surface area contributed by atoms with Gasteiger partial charge in [-0.3, -0.25) is 14.9 Å². The van der Waals surface area contributed by atoms with Crippen molar-refractivity contribution >= 4 is 17.7 Å². The molecule has 0 saturated heterocycles. The van der Waals surface area contributed by atoms with E-state index in [0.717, 1.165) is 11.3 Å². The highest BCUT2D eigenvalue weighted by Crippen LogP contribution is 2.16. The number of carbonyl (C=O) groups excluding carboxylic acids is 1. The third-order valence-electron chi connectivity index (χ3n) is 3.50. The summed E-state index contributed by atoms with van der Waals surface area (Å²) < 4.78 is 5.70. The molecule has 0 aromatic heterocycles. The van der Waals surface area contributed by atoms with Crippen LogP contribution in [0.4, 0.5) is 5.69 Å². The van der Waals surface area contributed by atoms with E-state index in [-0.39, 0.29) is 17.6 Å². The van der Waals surface area contributed by atoms with Crippen LogP contribution in [0.5, 0.6) is 5.75 Å². The molecule has 0 radical (unpaired) electrons. The third-order valence-corrected chi connectivity index (χ3v) is 3.50. The molecule has 0 heterocycles. The van der Waals surface area contributed by atoms with Crippen molar-refractivity contribution in [2.24, 2.45) is 0 Å². The summed E-state index contributed by atoms with van der Waals surface area (Å²) in [6, 6.07) is 13.5. The number of hydrogen-bond acceptors (Lipinski definition) is 4. The lowest BCUT2D eigenvalue weighted by Gasteiger charge is -2.15. The molecule has 0 spiro atoms. The average Bonchev–Trinajstić information content (AvgIpc) is 2.59. The average molecular weight is 340 g/mol. The maximum absolute atomic E-state index is 11.9. The van der Waals surface area contributed by atoms with E-state index in [9.17, 15) is 14.9 Å². The molecule has 130 valence electrons. The van der Waals surface area contributed by atoms with Crippen LogP contribution >= 0.6 is 0 Å². The Morgan fingerprint density at radius 3 is 2.56 bits per heavy atom. The minimum atomic E-state index is -0.462. The molecule has 0 aliphatic heterocycles. The van der Waals surface area contributed by atoms with Crippen molar-refractivity contribution in [1.29, 1.82) is 0 Å². The van der Waals surface area contributed by atoms with Gasteiger partial charge >= 0.3 is 0 Å². The summed E-state index contributed by atoms with van der Waals surface area (Å²) in [5.41, 5.74) is 1.77. The number of rotatable bonds is 7. The predicted octanol–water partition coefficient (Wildman–Crippen LogP) is 3.50. The Morgan fingerprint density at radius 2 is 1.92 bits per heavy atom. The lowest BCUT2D eigenvalue weighted by Crippen LogP contribution is -2.35. The largest absolute Gasteiger partial charge is 0.491 e. The lowest BCUT2D eigenvalue weighted by atomic mass is 10.2. The second-order valence-corrected chi connectivity index (χ2v) is 5.67. The topological polar surface area (TPSA) is 81.5 Å². The van der Waals surface area contributed by atoms with Crippen LogP contribution in [0.25, 0.3) is 6.08 Å². The number of non-ortho nitro benzene ring substituents is 1. The molecule has 2 aromatic carbocycles. The van der Waals surface area contributed by atoms with Gasteiger partial charge < -0.3 is 10.1 Å². The van der Waals surface area contributed by atoms with Crippen LogP contribution in [0, 0.1) is 17.0 Å². The maximum Gasteiger partial charge on any atom is 0.269 e. The van der Waals surface area contributed by atoms with Crippen molar-refractivity contribution in [3.63, 3.8) is 0 Å². The summed E-state index contributed by atoms with van der Waals surface area (Å²) in [6.45, 7) is 4.18.